The van der Waals surface area contributed by atoms with E-state index in [1.54, 1.807) is 6.92 Å². The monoisotopic (exact) mass is 246 g/mol. The zero-order valence-electron chi connectivity index (χ0n) is 11.0. The van der Waals surface area contributed by atoms with Gasteiger partial charge in [-0.2, -0.15) is 0 Å². The van der Waals surface area contributed by atoms with Gasteiger partial charge in [0.15, 0.2) is 5.78 Å². The number of carbonyl (C=O) groups excluding carboxylic acids is 1. The van der Waals surface area contributed by atoms with Crippen molar-refractivity contribution in [2.45, 2.75) is 38.6 Å². The van der Waals surface area contributed by atoms with E-state index in [0.717, 1.165) is 30.6 Å². The molecule has 3 heteroatoms. The van der Waals surface area contributed by atoms with E-state index in [1.807, 2.05) is 24.3 Å². The first-order valence-corrected chi connectivity index (χ1v) is 6.75. The van der Waals surface area contributed by atoms with Gasteiger partial charge >= 0.3 is 0 Å². The van der Waals surface area contributed by atoms with E-state index < -0.39 is 0 Å². The van der Waals surface area contributed by atoms with Crippen molar-refractivity contribution in [2.24, 2.45) is 11.7 Å². The van der Waals surface area contributed by atoms with Crippen molar-refractivity contribution in [3.8, 4) is 0 Å². The molecule has 0 heterocycles. The minimum absolute atomic E-state index is 0.113. The van der Waals surface area contributed by atoms with Gasteiger partial charge in [0.2, 0.25) is 0 Å². The average Bonchev–Trinajstić information content (AvgIpc) is 2.38. The zero-order valence-corrected chi connectivity index (χ0v) is 11.0. The standard InChI is InChI=1S/C15H22N2O/c1-11(18)13-3-2-4-15(9-13)17-10-12-5-7-14(16)8-6-12/h2-4,9,12,14,17H,5-8,10,16H2,1H3. The summed E-state index contributed by atoms with van der Waals surface area (Å²) < 4.78 is 0. The van der Waals surface area contributed by atoms with Crippen LogP contribution in [-0.2, 0) is 0 Å². The summed E-state index contributed by atoms with van der Waals surface area (Å²) in [5, 5.41) is 3.43. The molecule has 0 aromatic heterocycles. The Kier molecular flexibility index (Phi) is 4.37. The number of carbonyl (C=O) groups is 1. The fourth-order valence-electron chi connectivity index (χ4n) is 2.50. The van der Waals surface area contributed by atoms with Crippen LogP contribution in [-0.4, -0.2) is 18.4 Å². The molecule has 0 amide bonds. The Hall–Kier alpha value is -1.35. The van der Waals surface area contributed by atoms with Crippen LogP contribution in [0.25, 0.3) is 0 Å². The first-order chi connectivity index (χ1) is 8.65. The van der Waals surface area contributed by atoms with E-state index in [9.17, 15) is 4.79 Å². The first kappa shape index (κ1) is 13.1. The molecule has 0 spiro atoms. The maximum absolute atomic E-state index is 11.3. The molecular formula is C15H22N2O. The Morgan fingerprint density at radius 3 is 2.72 bits per heavy atom. The highest BCUT2D eigenvalue weighted by Crippen LogP contribution is 2.23. The van der Waals surface area contributed by atoms with Crippen molar-refractivity contribution >= 4 is 11.5 Å². The predicted octanol–water partition coefficient (Wildman–Crippen LogP) is 2.82. The van der Waals surface area contributed by atoms with Gasteiger partial charge in [0, 0.05) is 23.8 Å². The zero-order chi connectivity index (χ0) is 13.0. The Balaban J connectivity index is 1.86. The second-order valence-electron chi connectivity index (χ2n) is 5.30. The lowest BCUT2D eigenvalue weighted by molar-refractivity contribution is 0.101. The molecule has 18 heavy (non-hydrogen) atoms. The molecule has 3 N–H and O–H groups in total. The van der Waals surface area contributed by atoms with Crippen LogP contribution < -0.4 is 11.1 Å². The highest BCUT2D eigenvalue weighted by Gasteiger charge is 2.18. The van der Waals surface area contributed by atoms with Gasteiger partial charge in [-0.3, -0.25) is 4.79 Å². The summed E-state index contributed by atoms with van der Waals surface area (Å²) >= 11 is 0. The lowest BCUT2D eigenvalue weighted by atomic mass is 9.86. The summed E-state index contributed by atoms with van der Waals surface area (Å²) in [7, 11) is 0. The van der Waals surface area contributed by atoms with Gasteiger partial charge in [-0.1, -0.05) is 12.1 Å². The lowest BCUT2D eigenvalue weighted by Gasteiger charge is -2.26. The number of anilines is 1. The third kappa shape index (κ3) is 3.57. The summed E-state index contributed by atoms with van der Waals surface area (Å²) in [6.45, 7) is 2.58. The van der Waals surface area contributed by atoms with Crippen molar-refractivity contribution in [2.75, 3.05) is 11.9 Å². The molecule has 0 saturated heterocycles. The maximum Gasteiger partial charge on any atom is 0.159 e. The van der Waals surface area contributed by atoms with Crippen LogP contribution in [0.4, 0.5) is 5.69 Å². The quantitative estimate of drug-likeness (QED) is 0.803. The van der Waals surface area contributed by atoms with Crippen molar-refractivity contribution in [3.05, 3.63) is 29.8 Å². The minimum Gasteiger partial charge on any atom is -0.385 e. The van der Waals surface area contributed by atoms with Gasteiger partial charge in [-0.25, -0.2) is 0 Å². The molecule has 1 aromatic carbocycles. The lowest BCUT2D eigenvalue weighted by Crippen LogP contribution is -2.29. The highest BCUT2D eigenvalue weighted by molar-refractivity contribution is 5.94. The predicted molar refractivity (Wildman–Crippen MR) is 74.9 cm³/mol. The average molecular weight is 246 g/mol. The number of hydrogen-bond acceptors (Lipinski definition) is 3. The third-order valence-electron chi connectivity index (χ3n) is 3.76. The summed E-state index contributed by atoms with van der Waals surface area (Å²) in [6, 6.07) is 8.13. The number of Topliss-reactive ketones (excluding diaryl/α,β-unsaturated/α-hetero) is 1. The van der Waals surface area contributed by atoms with Crippen LogP contribution in [0.5, 0.6) is 0 Å². The molecule has 0 bridgehead atoms. The van der Waals surface area contributed by atoms with Gasteiger partial charge in [-0.05, 0) is 50.7 Å². The molecule has 0 atom stereocenters. The van der Waals surface area contributed by atoms with Crippen LogP contribution in [0.1, 0.15) is 43.0 Å². The molecule has 1 aliphatic rings. The van der Waals surface area contributed by atoms with Gasteiger partial charge < -0.3 is 11.1 Å². The molecule has 98 valence electrons. The van der Waals surface area contributed by atoms with Crippen LogP contribution in [0.2, 0.25) is 0 Å². The molecule has 1 fully saturated rings. The first-order valence-electron chi connectivity index (χ1n) is 6.75. The Bertz CT molecular complexity index is 409. The van der Waals surface area contributed by atoms with Gasteiger partial charge in [0.1, 0.15) is 0 Å². The fourth-order valence-corrected chi connectivity index (χ4v) is 2.50. The molecule has 0 unspecified atom stereocenters. The molecule has 0 aliphatic heterocycles. The van der Waals surface area contributed by atoms with E-state index in [1.165, 1.54) is 12.8 Å². The molecular weight excluding hydrogens is 224 g/mol. The summed E-state index contributed by atoms with van der Waals surface area (Å²) in [5.74, 6) is 0.827. The normalized spacial score (nSPS) is 23.7. The molecule has 2 rings (SSSR count). The SMILES string of the molecule is CC(=O)c1cccc(NCC2CCC(N)CC2)c1. The number of ketones is 1. The van der Waals surface area contributed by atoms with Crippen molar-refractivity contribution in [1.82, 2.24) is 0 Å². The summed E-state index contributed by atoms with van der Waals surface area (Å²) in [6.07, 6.45) is 4.70. The number of benzene rings is 1. The second kappa shape index (κ2) is 6.01. The molecule has 1 saturated carbocycles. The molecule has 3 nitrogen and oxygen atoms in total. The van der Waals surface area contributed by atoms with E-state index in [2.05, 4.69) is 5.32 Å². The molecule has 1 aromatic rings. The van der Waals surface area contributed by atoms with Crippen LogP contribution >= 0.6 is 0 Å². The van der Waals surface area contributed by atoms with E-state index >= 15 is 0 Å². The second-order valence-corrected chi connectivity index (χ2v) is 5.30. The number of nitrogens with one attached hydrogen (secondary N) is 1. The summed E-state index contributed by atoms with van der Waals surface area (Å²) in [4.78, 5) is 11.3. The Morgan fingerprint density at radius 2 is 2.06 bits per heavy atom. The van der Waals surface area contributed by atoms with E-state index in [0.29, 0.717) is 12.0 Å². The van der Waals surface area contributed by atoms with E-state index in [4.69, 9.17) is 5.73 Å². The van der Waals surface area contributed by atoms with E-state index in [-0.39, 0.29) is 5.78 Å². The fraction of sp³-hybridized carbons (Fsp3) is 0.533. The molecule has 0 radical (unpaired) electrons. The van der Waals surface area contributed by atoms with Crippen LogP contribution in [0, 0.1) is 5.92 Å². The minimum atomic E-state index is 0.113. The van der Waals surface area contributed by atoms with Crippen molar-refractivity contribution in [1.29, 1.82) is 0 Å². The Morgan fingerprint density at radius 1 is 1.33 bits per heavy atom. The van der Waals surface area contributed by atoms with Crippen LogP contribution in [0.15, 0.2) is 24.3 Å². The van der Waals surface area contributed by atoms with Crippen molar-refractivity contribution < 1.29 is 4.79 Å². The summed E-state index contributed by atoms with van der Waals surface area (Å²) in [5.41, 5.74) is 7.71. The largest absolute Gasteiger partial charge is 0.385 e. The molecule has 1 aliphatic carbocycles. The van der Waals surface area contributed by atoms with Gasteiger partial charge in [0.05, 0.1) is 0 Å². The smallest absolute Gasteiger partial charge is 0.159 e. The highest BCUT2D eigenvalue weighted by atomic mass is 16.1. The van der Waals surface area contributed by atoms with Crippen LogP contribution in [0.3, 0.4) is 0 Å². The topological polar surface area (TPSA) is 55.1 Å². The Labute approximate surface area is 109 Å². The number of rotatable bonds is 4. The van der Waals surface area contributed by atoms with Crippen molar-refractivity contribution in [3.63, 3.8) is 0 Å². The maximum atomic E-state index is 11.3. The third-order valence-corrected chi connectivity index (χ3v) is 3.76. The van der Waals surface area contributed by atoms with Gasteiger partial charge in [-0.15, -0.1) is 0 Å². The van der Waals surface area contributed by atoms with Gasteiger partial charge in [0.25, 0.3) is 0 Å². The number of nitrogens with two attached hydrogens (primary N) is 1. The number of hydrogen-bond donors (Lipinski definition) is 2.